The van der Waals surface area contributed by atoms with Gasteiger partial charge < -0.3 is 30.0 Å². The Hall–Kier alpha value is -3.43. The van der Waals surface area contributed by atoms with E-state index in [-0.39, 0.29) is 32.2 Å². The lowest BCUT2D eigenvalue weighted by Crippen LogP contribution is -2.61. The Kier molecular flexibility index (Phi) is 7.37. The fourth-order valence-corrected chi connectivity index (χ4v) is 4.83. The second-order valence-corrected chi connectivity index (χ2v) is 8.82. The molecule has 3 N–H and O–H groups in total. The van der Waals surface area contributed by atoms with E-state index in [1.54, 1.807) is 6.92 Å². The second-order valence-electron chi connectivity index (χ2n) is 8.82. The summed E-state index contributed by atoms with van der Waals surface area (Å²) in [6.45, 7) is 1.86. The van der Waals surface area contributed by atoms with Crippen molar-refractivity contribution >= 4 is 18.0 Å². The van der Waals surface area contributed by atoms with Crippen LogP contribution in [0.5, 0.6) is 0 Å². The molecule has 2 amide bonds. The molecule has 0 aromatic heterocycles. The van der Waals surface area contributed by atoms with Crippen molar-refractivity contribution in [3.05, 3.63) is 59.7 Å². The molecular formula is C26H30N2O7. The van der Waals surface area contributed by atoms with Gasteiger partial charge in [0, 0.05) is 19.6 Å². The maximum atomic E-state index is 12.9. The molecule has 1 heterocycles. The van der Waals surface area contributed by atoms with Crippen molar-refractivity contribution in [2.24, 2.45) is 0 Å². The summed E-state index contributed by atoms with van der Waals surface area (Å²) in [4.78, 5) is 37.4. The zero-order valence-corrected chi connectivity index (χ0v) is 19.8. The van der Waals surface area contributed by atoms with Gasteiger partial charge in [0.2, 0.25) is 0 Å². The van der Waals surface area contributed by atoms with Crippen molar-refractivity contribution in [3.8, 4) is 11.1 Å². The highest BCUT2D eigenvalue weighted by Gasteiger charge is 2.43. The van der Waals surface area contributed by atoms with E-state index in [4.69, 9.17) is 14.2 Å². The van der Waals surface area contributed by atoms with Crippen molar-refractivity contribution in [3.63, 3.8) is 0 Å². The molecule has 0 saturated carbocycles. The number of carboxylic acids is 1. The molecule has 9 nitrogen and oxygen atoms in total. The number of hydrogen-bond acceptors (Lipinski definition) is 6. The standard InChI is InChI=1S/C26H30N2O7/c1-3-26(15-33-2,24(30)31)28-23(29)22-21(12-13-34-22)27-25(32)35-14-20-18-10-6-4-8-16(18)17-9-5-7-11-19(17)20/h4-11,20-22H,3,12-15H2,1-2H3,(H,27,32)(H,28,29)(H,30,31)/t21-,22+,26?/m0/s1. The van der Waals surface area contributed by atoms with E-state index in [1.807, 2.05) is 36.4 Å². The summed E-state index contributed by atoms with van der Waals surface area (Å²) < 4.78 is 16.1. The van der Waals surface area contributed by atoms with E-state index in [0.29, 0.717) is 6.42 Å². The predicted molar refractivity (Wildman–Crippen MR) is 127 cm³/mol. The van der Waals surface area contributed by atoms with Crippen LogP contribution >= 0.6 is 0 Å². The van der Waals surface area contributed by atoms with E-state index in [1.165, 1.54) is 7.11 Å². The molecule has 9 heteroatoms. The molecule has 186 valence electrons. The first kappa shape index (κ1) is 24.7. The van der Waals surface area contributed by atoms with Crippen LogP contribution in [0.2, 0.25) is 0 Å². The van der Waals surface area contributed by atoms with E-state index >= 15 is 0 Å². The van der Waals surface area contributed by atoms with Gasteiger partial charge in [-0.3, -0.25) is 4.79 Å². The van der Waals surface area contributed by atoms with Gasteiger partial charge in [0.25, 0.3) is 5.91 Å². The number of rotatable bonds is 9. The normalized spacial score (nSPS) is 20.4. The number of amides is 2. The minimum absolute atomic E-state index is 0.0816. The quantitative estimate of drug-likeness (QED) is 0.502. The zero-order chi connectivity index (χ0) is 25.0. The molecule has 1 fully saturated rings. The first-order valence-corrected chi connectivity index (χ1v) is 11.7. The van der Waals surface area contributed by atoms with Gasteiger partial charge in [-0.05, 0) is 35.1 Å². The number of methoxy groups -OCH3 is 1. The molecule has 35 heavy (non-hydrogen) atoms. The monoisotopic (exact) mass is 482 g/mol. The topological polar surface area (TPSA) is 123 Å². The average Bonchev–Trinajstić information content (AvgIpc) is 3.44. The van der Waals surface area contributed by atoms with Gasteiger partial charge in [0.1, 0.15) is 6.61 Å². The molecule has 0 spiro atoms. The molecule has 2 aromatic rings. The number of aliphatic carboxylic acids is 1. The van der Waals surface area contributed by atoms with Crippen LogP contribution in [-0.2, 0) is 23.8 Å². The van der Waals surface area contributed by atoms with Crippen molar-refractivity contribution in [1.82, 2.24) is 10.6 Å². The fourth-order valence-electron chi connectivity index (χ4n) is 4.83. The minimum Gasteiger partial charge on any atom is -0.479 e. The number of alkyl carbamates (subject to hydrolysis) is 1. The third kappa shape index (κ3) is 4.87. The highest BCUT2D eigenvalue weighted by molar-refractivity contribution is 5.90. The van der Waals surface area contributed by atoms with Crippen LogP contribution in [-0.4, -0.2) is 67.7 Å². The van der Waals surface area contributed by atoms with Crippen LogP contribution < -0.4 is 10.6 Å². The predicted octanol–water partition coefficient (Wildman–Crippen LogP) is 2.68. The number of hydrogen-bond donors (Lipinski definition) is 3. The van der Waals surface area contributed by atoms with Gasteiger partial charge in [0.05, 0.1) is 12.6 Å². The summed E-state index contributed by atoms with van der Waals surface area (Å²) in [7, 11) is 1.37. The van der Waals surface area contributed by atoms with Crippen LogP contribution in [0.3, 0.4) is 0 Å². The number of ether oxygens (including phenoxy) is 3. The van der Waals surface area contributed by atoms with Gasteiger partial charge in [-0.1, -0.05) is 55.5 Å². The molecule has 4 rings (SSSR count). The number of carboxylic acid groups (broad SMARTS) is 1. The van der Waals surface area contributed by atoms with Crippen LogP contribution in [0.4, 0.5) is 4.79 Å². The first-order chi connectivity index (χ1) is 16.9. The van der Waals surface area contributed by atoms with Gasteiger partial charge >= 0.3 is 12.1 Å². The summed E-state index contributed by atoms with van der Waals surface area (Å²) in [5, 5.41) is 14.9. The highest BCUT2D eigenvalue weighted by atomic mass is 16.6. The smallest absolute Gasteiger partial charge is 0.407 e. The summed E-state index contributed by atoms with van der Waals surface area (Å²) >= 11 is 0. The molecule has 0 radical (unpaired) electrons. The van der Waals surface area contributed by atoms with Crippen LogP contribution in [0.25, 0.3) is 11.1 Å². The SMILES string of the molecule is CCC(COC)(NC(=O)[C@@H]1OCC[C@@H]1NC(=O)OCC1c2ccccc2-c2ccccc21)C(=O)O. The summed E-state index contributed by atoms with van der Waals surface area (Å²) in [5.41, 5.74) is 2.89. The zero-order valence-electron chi connectivity index (χ0n) is 19.8. The van der Waals surface area contributed by atoms with Crippen LogP contribution in [0.1, 0.15) is 36.8 Å². The first-order valence-electron chi connectivity index (χ1n) is 11.7. The molecule has 3 atom stereocenters. The van der Waals surface area contributed by atoms with Gasteiger partial charge in [-0.25, -0.2) is 9.59 Å². The summed E-state index contributed by atoms with van der Waals surface area (Å²) in [6, 6.07) is 15.5. The largest absolute Gasteiger partial charge is 0.479 e. The molecule has 1 saturated heterocycles. The van der Waals surface area contributed by atoms with Crippen molar-refractivity contribution in [1.29, 1.82) is 0 Å². The minimum atomic E-state index is -1.58. The Labute approximate surface area is 203 Å². The number of benzene rings is 2. The van der Waals surface area contributed by atoms with E-state index < -0.39 is 35.7 Å². The maximum absolute atomic E-state index is 12.9. The number of nitrogens with one attached hydrogen (secondary N) is 2. The van der Waals surface area contributed by atoms with Gasteiger partial charge in [-0.15, -0.1) is 0 Å². The number of carbonyl (C=O) groups is 3. The van der Waals surface area contributed by atoms with Crippen molar-refractivity contribution in [2.45, 2.75) is 43.4 Å². The third-order valence-electron chi connectivity index (χ3n) is 6.76. The molecule has 0 bridgehead atoms. The fraction of sp³-hybridized carbons (Fsp3) is 0.423. The van der Waals surface area contributed by atoms with Crippen LogP contribution in [0.15, 0.2) is 48.5 Å². The Morgan fingerprint density at radius 2 is 1.71 bits per heavy atom. The van der Waals surface area contributed by atoms with E-state index in [0.717, 1.165) is 22.3 Å². The molecule has 1 aliphatic heterocycles. The lowest BCUT2D eigenvalue weighted by atomic mass is 9.96. The average molecular weight is 483 g/mol. The van der Waals surface area contributed by atoms with Crippen LogP contribution in [0, 0.1) is 0 Å². The maximum Gasteiger partial charge on any atom is 0.407 e. The Bertz CT molecular complexity index is 1060. The van der Waals surface area contributed by atoms with E-state index in [2.05, 4.69) is 22.8 Å². The molecule has 1 aliphatic carbocycles. The van der Waals surface area contributed by atoms with E-state index in [9.17, 15) is 19.5 Å². The summed E-state index contributed by atoms with van der Waals surface area (Å²) in [6.07, 6.45) is -1.16. The molecule has 1 unspecified atom stereocenters. The molecular weight excluding hydrogens is 452 g/mol. The molecule has 2 aromatic carbocycles. The third-order valence-corrected chi connectivity index (χ3v) is 6.76. The van der Waals surface area contributed by atoms with Gasteiger partial charge in [0.15, 0.2) is 11.6 Å². The second kappa shape index (κ2) is 10.5. The van der Waals surface area contributed by atoms with Gasteiger partial charge in [-0.2, -0.15) is 0 Å². The Balaban J connectivity index is 1.39. The number of carbonyl (C=O) groups excluding carboxylic acids is 2. The van der Waals surface area contributed by atoms with Crippen molar-refractivity contribution < 1.29 is 33.7 Å². The summed E-state index contributed by atoms with van der Waals surface area (Å²) in [5.74, 6) is -1.90. The lowest BCUT2D eigenvalue weighted by Gasteiger charge is -2.30. The van der Waals surface area contributed by atoms with Crippen molar-refractivity contribution in [2.75, 3.05) is 26.9 Å². The Morgan fingerprint density at radius 1 is 1.09 bits per heavy atom. The highest BCUT2D eigenvalue weighted by Crippen LogP contribution is 2.44. The number of fused-ring (bicyclic) bond motifs is 3. The lowest BCUT2D eigenvalue weighted by molar-refractivity contribution is -0.152. The Morgan fingerprint density at radius 3 is 2.29 bits per heavy atom. The molecule has 2 aliphatic rings.